The molecule has 0 saturated carbocycles. The van der Waals surface area contributed by atoms with Gasteiger partial charge in [0.1, 0.15) is 0 Å². The lowest BCUT2D eigenvalue weighted by Crippen LogP contribution is -2.34. The molecule has 22 heavy (non-hydrogen) atoms. The van der Waals surface area contributed by atoms with Gasteiger partial charge in [0.05, 0.1) is 19.3 Å². The molecule has 0 aliphatic carbocycles. The van der Waals surface area contributed by atoms with E-state index in [0.29, 0.717) is 12.5 Å². The van der Waals surface area contributed by atoms with E-state index in [4.69, 9.17) is 14.0 Å². The number of amides is 1. The summed E-state index contributed by atoms with van der Waals surface area (Å²) in [5.74, 6) is 0.370. The van der Waals surface area contributed by atoms with Gasteiger partial charge < -0.3 is 18.9 Å². The molecule has 1 amide bonds. The lowest BCUT2D eigenvalue weighted by Gasteiger charge is -2.16. The van der Waals surface area contributed by atoms with E-state index in [9.17, 15) is 4.79 Å². The fourth-order valence-corrected chi connectivity index (χ4v) is 3.05. The molecule has 0 N–H and O–H groups in total. The zero-order valence-electron chi connectivity index (χ0n) is 13.4. The molecule has 0 bridgehead atoms. The number of hydrogen-bond donors (Lipinski definition) is 0. The predicted molar refractivity (Wildman–Crippen MR) is 84.3 cm³/mol. The molecule has 3 rings (SSSR count). The average Bonchev–Trinajstić information content (AvgIpc) is 3.13. The molecule has 2 fully saturated rings. The maximum Gasteiger partial charge on any atom is 0.494 e. The number of carbonyl (C=O) groups excluding carboxylic acids is 1. The summed E-state index contributed by atoms with van der Waals surface area (Å²) in [5.41, 5.74) is 2.06. The quantitative estimate of drug-likeness (QED) is 0.781. The maximum absolute atomic E-state index is 11.6. The second-order valence-corrected chi connectivity index (χ2v) is 6.59. The SMILES string of the molecule is COC(=O)N1CCC(c2ccc(B3OCC(C)(C)O3)cc2)C1. The van der Waals surface area contributed by atoms with E-state index in [2.05, 4.69) is 24.3 Å². The summed E-state index contributed by atoms with van der Waals surface area (Å²) in [6.45, 7) is 6.14. The number of rotatable bonds is 2. The summed E-state index contributed by atoms with van der Waals surface area (Å²) >= 11 is 0. The summed E-state index contributed by atoms with van der Waals surface area (Å²) in [7, 11) is 1.15. The lowest BCUT2D eigenvalue weighted by atomic mass is 9.78. The van der Waals surface area contributed by atoms with Gasteiger partial charge in [-0.1, -0.05) is 24.3 Å². The molecule has 2 saturated heterocycles. The van der Waals surface area contributed by atoms with Crippen LogP contribution in [-0.2, 0) is 14.0 Å². The third-order valence-corrected chi connectivity index (χ3v) is 4.31. The number of carbonyl (C=O) groups is 1. The Hall–Kier alpha value is -1.53. The van der Waals surface area contributed by atoms with Crippen LogP contribution in [0.15, 0.2) is 24.3 Å². The molecule has 118 valence electrons. The molecule has 1 aromatic carbocycles. The Bertz CT molecular complexity index is 546. The van der Waals surface area contributed by atoms with Gasteiger partial charge in [0.15, 0.2) is 0 Å². The van der Waals surface area contributed by atoms with E-state index >= 15 is 0 Å². The van der Waals surface area contributed by atoms with Crippen LogP contribution < -0.4 is 5.46 Å². The summed E-state index contributed by atoms with van der Waals surface area (Å²) < 4.78 is 16.3. The van der Waals surface area contributed by atoms with Gasteiger partial charge in [-0.25, -0.2) is 4.79 Å². The average molecular weight is 303 g/mol. The first kappa shape index (κ1) is 15.4. The third kappa shape index (κ3) is 3.13. The second-order valence-electron chi connectivity index (χ2n) is 6.59. The zero-order valence-corrected chi connectivity index (χ0v) is 13.4. The highest BCUT2D eigenvalue weighted by Crippen LogP contribution is 2.27. The first-order chi connectivity index (χ1) is 10.5. The molecule has 1 unspecified atom stereocenters. The Labute approximate surface area is 131 Å². The predicted octanol–water partition coefficient (Wildman–Crippen LogP) is 1.76. The zero-order chi connectivity index (χ0) is 15.7. The highest BCUT2D eigenvalue weighted by Gasteiger charge is 2.38. The Morgan fingerprint density at radius 1 is 1.36 bits per heavy atom. The van der Waals surface area contributed by atoms with Crippen LogP contribution in [0.3, 0.4) is 0 Å². The normalized spacial score (nSPS) is 23.9. The number of nitrogens with zero attached hydrogens (tertiary/aromatic N) is 1. The molecular weight excluding hydrogens is 281 g/mol. The van der Waals surface area contributed by atoms with Crippen molar-refractivity contribution in [3.63, 3.8) is 0 Å². The van der Waals surface area contributed by atoms with Gasteiger partial charge >= 0.3 is 13.2 Å². The minimum atomic E-state index is -0.279. The van der Waals surface area contributed by atoms with Crippen LogP contribution in [0, 0.1) is 0 Å². The Morgan fingerprint density at radius 3 is 2.68 bits per heavy atom. The van der Waals surface area contributed by atoms with Gasteiger partial charge in [-0.3, -0.25) is 0 Å². The molecule has 2 heterocycles. The van der Waals surface area contributed by atoms with Crippen molar-refractivity contribution in [3.05, 3.63) is 29.8 Å². The van der Waals surface area contributed by atoms with Crippen molar-refractivity contribution in [2.45, 2.75) is 31.8 Å². The number of hydrogen-bond acceptors (Lipinski definition) is 4. The maximum atomic E-state index is 11.6. The van der Waals surface area contributed by atoms with Gasteiger partial charge in [0.25, 0.3) is 0 Å². The summed E-state index contributed by atoms with van der Waals surface area (Å²) in [4.78, 5) is 13.3. The monoisotopic (exact) mass is 303 g/mol. The van der Waals surface area contributed by atoms with E-state index in [1.165, 1.54) is 12.7 Å². The fourth-order valence-electron chi connectivity index (χ4n) is 3.05. The summed E-state index contributed by atoms with van der Waals surface area (Å²) in [6.07, 6.45) is 0.729. The summed E-state index contributed by atoms with van der Waals surface area (Å²) in [5, 5.41) is 0. The van der Waals surface area contributed by atoms with Gasteiger partial charge in [0, 0.05) is 19.0 Å². The van der Waals surface area contributed by atoms with Crippen molar-refractivity contribution in [2.24, 2.45) is 0 Å². The lowest BCUT2D eigenvalue weighted by molar-refractivity contribution is 0.132. The van der Waals surface area contributed by atoms with Crippen LogP contribution in [-0.4, -0.2) is 50.5 Å². The molecular formula is C16H22BNO4. The van der Waals surface area contributed by atoms with E-state index in [0.717, 1.165) is 25.0 Å². The van der Waals surface area contributed by atoms with E-state index in [1.807, 2.05) is 13.8 Å². The molecule has 6 heteroatoms. The molecule has 2 aliphatic rings. The van der Waals surface area contributed by atoms with E-state index in [1.54, 1.807) is 4.90 Å². The van der Waals surface area contributed by atoms with Crippen molar-refractivity contribution in [1.29, 1.82) is 0 Å². The smallest absolute Gasteiger partial charge is 0.453 e. The van der Waals surface area contributed by atoms with Crippen molar-refractivity contribution in [1.82, 2.24) is 4.90 Å². The molecule has 0 aromatic heterocycles. The Balaban J connectivity index is 1.64. The van der Waals surface area contributed by atoms with Crippen LogP contribution in [0.5, 0.6) is 0 Å². The van der Waals surface area contributed by atoms with Crippen molar-refractivity contribution >= 4 is 18.7 Å². The number of methoxy groups -OCH3 is 1. The highest BCUT2D eigenvalue weighted by atomic mass is 16.7. The minimum Gasteiger partial charge on any atom is -0.453 e. The van der Waals surface area contributed by atoms with Crippen LogP contribution in [0.4, 0.5) is 4.79 Å². The largest absolute Gasteiger partial charge is 0.494 e. The van der Waals surface area contributed by atoms with Gasteiger partial charge in [-0.2, -0.15) is 0 Å². The first-order valence-electron chi connectivity index (χ1n) is 7.71. The Kier molecular flexibility index (Phi) is 4.15. The fraction of sp³-hybridized carbons (Fsp3) is 0.562. The second kappa shape index (κ2) is 5.93. The van der Waals surface area contributed by atoms with Crippen molar-refractivity contribution < 1.29 is 18.8 Å². The Morgan fingerprint density at radius 2 is 2.09 bits per heavy atom. The summed E-state index contributed by atoms with van der Waals surface area (Å²) in [6, 6.07) is 8.34. The highest BCUT2D eigenvalue weighted by molar-refractivity contribution is 6.61. The number of likely N-dealkylation sites (tertiary alicyclic amines) is 1. The van der Waals surface area contributed by atoms with Gasteiger partial charge in [0.2, 0.25) is 0 Å². The first-order valence-corrected chi connectivity index (χ1v) is 7.71. The molecule has 1 atom stereocenters. The minimum absolute atomic E-state index is 0.226. The van der Waals surface area contributed by atoms with E-state index < -0.39 is 0 Å². The van der Waals surface area contributed by atoms with Crippen molar-refractivity contribution in [2.75, 3.05) is 26.8 Å². The molecule has 1 aromatic rings. The standard InChI is InChI=1S/C16H22BNO4/c1-16(2)11-21-17(22-16)14-6-4-12(5-7-14)13-8-9-18(10-13)15(19)20-3/h4-7,13H,8-11H2,1-3H3. The van der Waals surface area contributed by atoms with Crippen LogP contribution in [0.25, 0.3) is 0 Å². The molecule has 2 aliphatic heterocycles. The third-order valence-electron chi connectivity index (χ3n) is 4.31. The number of benzene rings is 1. The van der Waals surface area contributed by atoms with Crippen LogP contribution in [0.2, 0.25) is 0 Å². The van der Waals surface area contributed by atoms with E-state index in [-0.39, 0.29) is 18.8 Å². The molecule has 0 radical (unpaired) electrons. The number of ether oxygens (including phenoxy) is 1. The van der Waals surface area contributed by atoms with Gasteiger partial charge in [-0.05, 0) is 31.3 Å². The van der Waals surface area contributed by atoms with Crippen LogP contribution in [0.1, 0.15) is 31.7 Å². The van der Waals surface area contributed by atoms with Gasteiger partial charge in [-0.15, -0.1) is 0 Å². The molecule has 5 nitrogen and oxygen atoms in total. The topological polar surface area (TPSA) is 48.0 Å². The molecule has 0 spiro atoms. The van der Waals surface area contributed by atoms with Crippen LogP contribution >= 0.6 is 0 Å². The van der Waals surface area contributed by atoms with Crippen molar-refractivity contribution in [3.8, 4) is 0 Å².